The van der Waals surface area contributed by atoms with Crippen molar-refractivity contribution in [1.82, 2.24) is 0 Å². The number of carbonyl (C=O) groups excluding carboxylic acids is 1. The molecule has 7 heteroatoms. The van der Waals surface area contributed by atoms with E-state index in [9.17, 15) is 13.2 Å². The minimum Gasteiger partial charge on any atom is -0.325 e. The maximum atomic E-state index is 12.8. The van der Waals surface area contributed by atoms with Crippen molar-refractivity contribution >= 4 is 38.7 Å². The molecule has 1 aliphatic rings. The molecule has 0 spiro atoms. The molecule has 0 saturated carbocycles. The molecule has 0 bridgehead atoms. The smallest absolute Gasteiger partial charge is 0.238 e. The van der Waals surface area contributed by atoms with E-state index in [0.29, 0.717) is 17.1 Å². The van der Waals surface area contributed by atoms with Gasteiger partial charge in [-0.15, -0.1) is 0 Å². The summed E-state index contributed by atoms with van der Waals surface area (Å²) in [4.78, 5) is 17.6. The van der Waals surface area contributed by atoms with Crippen molar-refractivity contribution in [2.45, 2.75) is 5.92 Å². The average Bonchev–Trinajstić information content (AvgIpc) is 3.01. The first-order valence-electron chi connectivity index (χ1n) is 9.02. The van der Waals surface area contributed by atoms with Crippen LogP contribution in [0.3, 0.4) is 0 Å². The van der Waals surface area contributed by atoms with Crippen molar-refractivity contribution in [1.29, 1.82) is 0 Å². The van der Waals surface area contributed by atoms with Crippen LogP contribution in [0.15, 0.2) is 83.9 Å². The number of benzene rings is 3. The first-order chi connectivity index (χ1) is 13.9. The highest BCUT2D eigenvalue weighted by Gasteiger charge is 2.35. The Morgan fingerprint density at radius 1 is 0.966 bits per heavy atom. The lowest BCUT2D eigenvalue weighted by atomic mass is 9.90. The van der Waals surface area contributed by atoms with Gasteiger partial charge in [-0.1, -0.05) is 54.6 Å². The van der Waals surface area contributed by atoms with Gasteiger partial charge in [-0.25, -0.2) is 8.42 Å². The molecule has 1 heterocycles. The third-order valence-electron chi connectivity index (χ3n) is 4.53. The second-order valence-corrected chi connectivity index (χ2v) is 8.55. The molecule has 0 fully saturated rings. The van der Waals surface area contributed by atoms with Crippen LogP contribution < -0.4 is 10.0 Å². The third-order valence-corrected chi connectivity index (χ3v) is 5.14. The maximum Gasteiger partial charge on any atom is 0.238 e. The van der Waals surface area contributed by atoms with Crippen molar-refractivity contribution in [2.75, 3.05) is 16.3 Å². The molecule has 1 aliphatic heterocycles. The third kappa shape index (κ3) is 4.20. The number of rotatable bonds is 5. The minimum absolute atomic E-state index is 0.140. The van der Waals surface area contributed by atoms with Gasteiger partial charge in [0.15, 0.2) is 0 Å². The first-order valence-corrected chi connectivity index (χ1v) is 10.9. The number of para-hydroxylation sites is 1. The average molecular weight is 405 g/mol. The molecule has 4 rings (SSSR count). The van der Waals surface area contributed by atoms with E-state index in [-0.39, 0.29) is 5.91 Å². The van der Waals surface area contributed by atoms with E-state index in [1.165, 1.54) is 0 Å². The molecule has 3 aromatic carbocycles. The van der Waals surface area contributed by atoms with Crippen molar-refractivity contribution in [3.63, 3.8) is 0 Å². The summed E-state index contributed by atoms with van der Waals surface area (Å²) in [7, 11) is -3.40. The maximum absolute atomic E-state index is 12.8. The van der Waals surface area contributed by atoms with E-state index in [2.05, 4.69) is 10.0 Å². The van der Waals surface area contributed by atoms with Crippen LogP contribution >= 0.6 is 0 Å². The number of sulfonamides is 1. The van der Waals surface area contributed by atoms with Gasteiger partial charge in [-0.3, -0.25) is 14.5 Å². The van der Waals surface area contributed by atoms with Crippen molar-refractivity contribution in [3.8, 4) is 0 Å². The fourth-order valence-corrected chi connectivity index (χ4v) is 3.93. The molecule has 0 radical (unpaired) electrons. The Bertz CT molecular complexity index is 1200. The molecule has 0 saturated heterocycles. The summed E-state index contributed by atoms with van der Waals surface area (Å²) in [5, 5.41) is 2.91. The first kappa shape index (κ1) is 18.9. The molecule has 0 aliphatic carbocycles. The van der Waals surface area contributed by atoms with Gasteiger partial charge in [0.1, 0.15) is 5.92 Å². The predicted molar refractivity (Wildman–Crippen MR) is 115 cm³/mol. The number of hydrogen-bond donors (Lipinski definition) is 2. The molecule has 1 atom stereocenters. The number of carbonyl (C=O) groups is 1. The molecular formula is C22H19N3O3S. The van der Waals surface area contributed by atoms with Gasteiger partial charge >= 0.3 is 0 Å². The Morgan fingerprint density at radius 2 is 1.69 bits per heavy atom. The van der Waals surface area contributed by atoms with Gasteiger partial charge in [0.2, 0.25) is 15.9 Å². The number of nitrogens with zero attached hydrogens (tertiary/aromatic N) is 1. The van der Waals surface area contributed by atoms with Gasteiger partial charge < -0.3 is 5.32 Å². The molecule has 2 N–H and O–H groups in total. The molecule has 1 amide bonds. The second-order valence-electron chi connectivity index (χ2n) is 6.80. The van der Waals surface area contributed by atoms with Gasteiger partial charge in [0.25, 0.3) is 0 Å². The van der Waals surface area contributed by atoms with E-state index in [0.717, 1.165) is 23.1 Å². The summed E-state index contributed by atoms with van der Waals surface area (Å²) >= 11 is 0. The molecule has 1 unspecified atom stereocenters. The molecule has 146 valence electrons. The molecule has 0 aromatic heterocycles. The fourth-order valence-electron chi connectivity index (χ4n) is 3.38. The molecular weight excluding hydrogens is 386 g/mol. The summed E-state index contributed by atoms with van der Waals surface area (Å²) in [6, 6.07) is 23.8. The molecule has 29 heavy (non-hydrogen) atoms. The van der Waals surface area contributed by atoms with E-state index >= 15 is 0 Å². The van der Waals surface area contributed by atoms with Gasteiger partial charge in [-0.05, 0) is 35.4 Å². The minimum atomic E-state index is -3.40. The second kappa shape index (κ2) is 7.52. The van der Waals surface area contributed by atoms with Crippen LogP contribution in [0.5, 0.6) is 0 Å². The van der Waals surface area contributed by atoms with Gasteiger partial charge in [0, 0.05) is 5.69 Å². The van der Waals surface area contributed by atoms with Crippen molar-refractivity contribution < 1.29 is 13.2 Å². The fraction of sp³-hybridized carbons (Fsp3) is 0.0909. The lowest BCUT2D eigenvalue weighted by Gasteiger charge is -2.14. The summed E-state index contributed by atoms with van der Waals surface area (Å²) < 4.78 is 25.5. The number of amides is 1. The Balaban J connectivity index is 1.83. The van der Waals surface area contributed by atoms with E-state index in [4.69, 9.17) is 4.99 Å². The lowest BCUT2D eigenvalue weighted by Crippen LogP contribution is -2.22. The highest BCUT2D eigenvalue weighted by molar-refractivity contribution is 7.92. The van der Waals surface area contributed by atoms with Crippen LogP contribution in [0.4, 0.5) is 17.1 Å². The number of hydrogen-bond acceptors (Lipinski definition) is 4. The van der Waals surface area contributed by atoms with Crippen LogP contribution in [0.1, 0.15) is 17.0 Å². The van der Waals surface area contributed by atoms with E-state index in [1.807, 2.05) is 54.6 Å². The predicted octanol–water partition coefficient (Wildman–Crippen LogP) is 3.91. The topological polar surface area (TPSA) is 87.6 Å². The molecule has 3 aromatic rings. The highest BCUT2D eigenvalue weighted by atomic mass is 32.2. The summed E-state index contributed by atoms with van der Waals surface area (Å²) in [6.45, 7) is 0. The van der Waals surface area contributed by atoms with Crippen molar-refractivity contribution in [3.05, 3.63) is 90.0 Å². The zero-order valence-electron chi connectivity index (χ0n) is 15.7. The Labute approximate surface area is 169 Å². The zero-order chi connectivity index (χ0) is 20.4. The normalized spacial score (nSPS) is 16.2. The molecule has 6 nitrogen and oxygen atoms in total. The summed E-state index contributed by atoms with van der Waals surface area (Å²) in [6.07, 6.45) is 1.10. The van der Waals surface area contributed by atoms with Crippen LogP contribution in [0, 0.1) is 0 Å². The van der Waals surface area contributed by atoms with E-state index in [1.54, 1.807) is 24.3 Å². The number of aliphatic imine (C=N–C) groups is 1. The largest absolute Gasteiger partial charge is 0.325 e. The van der Waals surface area contributed by atoms with Gasteiger partial charge in [0.05, 0.1) is 23.3 Å². The Hall–Kier alpha value is -3.45. The number of nitrogens with one attached hydrogen (secondary N) is 2. The van der Waals surface area contributed by atoms with Gasteiger partial charge in [-0.2, -0.15) is 0 Å². The van der Waals surface area contributed by atoms with E-state index < -0.39 is 15.9 Å². The lowest BCUT2D eigenvalue weighted by molar-refractivity contribution is -0.115. The number of fused-ring (bicyclic) bond motifs is 1. The quantitative estimate of drug-likeness (QED) is 0.631. The number of anilines is 2. The van der Waals surface area contributed by atoms with Crippen LogP contribution in [0.2, 0.25) is 0 Å². The van der Waals surface area contributed by atoms with Crippen LogP contribution in [-0.4, -0.2) is 26.3 Å². The Morgan fingerprint density at radius 3 is 2.45 bits per heavy atom. The monoisotopic (exact) mass is 405 g/mol. The summed E-state index contributed by atoms with van der Waals surface area (Å²) in [5.41, 5.74) is 4.03. The van der Waals surface area contributed by atoms with Crippen LogP contribution in [0.25, 0.3) is 0 Å². The highest BCUT2D eigenvalue weighted by Crippen LogP contribution is 2.36. The SMILES string of the molecule is CS(=O)(=O)Nc1cccc(N=C(c2ccccc2)C2C(=O)Nc3ccccc32)c1. The van der Waals surface area contributed by atoms with Crippen molar-refractivity contribution in [2.24, 2.45) is 4.99 Å². The Kier molecular flexibility index (Phi) is 4.90. The zero-order valence-corrected chi connectivity index (χ0v) is 16.5. The summed E-state index contributed by atoms with van der Waals surface area (Å²) in [5.74, 6) is -0.695. The standard InChI is InChI=1S/C22H19N3O3S/c1-29(27,28)25-17-11-7-10-16(14-17)23-21(15-8-3-2-4-9-15)20-18-12-5-6-13-19(18)24-22(20)26/h2-14,20,25H,1H3,(H,24,26). The van der Waals surface area contributed by atoms with Crippen LogP contribution in [-0.2, 0) is 14.8 Å².